The number of aliphatic carboxylic acids is 1. The molecule has 1 aliphatic rings. The lowest BCUT2D eigenvalue weighted by Crippen LogP contribution is -2.49. The van der Waals surface area contributed by atoms with Crippen molar-refractivity contribution in [3.05, 3.63) is 52.8 Å². The van der Waals surface area contributed by atoms with Gasteiger partial charge >= 0.3 is 5.97 Å². The number of benzene rings is 1. The Morgan fingerprint density at radius 2 is 2.12 bits per heavy atom. The molecule has 0 radical (unpaired) electrons. The van der Waals surface area contributed by atoms with Crippen molar-refractivity contribution in [2.75, 3.05) is 6.54 Å². The highest BCUT2D eigenvalue weighted by molar-refractivity contribution is 6.31. The van der Waals surface area contributed by atoms with Gasteiger partial charge in [0.15, 0.2) is 0 Å². The molecule has 25 heavy (non-hydrogen) atoms. The molecule has 1 N–H and O–H groups in total. The van der Waals surface area contributed by atoms with Crippen molar-refractivity contribution in [3.8, 4) is 0 Å². The van der Waals surface area contributed by atoms with E-state index in [-0.39, 0.29) is 11.9 Å². The fraction of sp³-hybridized carbons (Fsp3) is 0.389. The van der Waals surface area contributed by atoms with Gasteiger partial charge in [0, 0.05) is 23.8 Å². The zero-order valence-electron chi connectivity index (χ0n) is 13.9. The van der Waals surface area contributed by atoms with Crippen LogP contribution in [0.3, 0.4) is 0 Å². The van der Waals surface area contributed by atoms with Crippen LogP contribution in [0.25, 0.3) is 0 Å². The lowest BCUT2D eigenvalue weighted by atomic mass is 9.90. The third kappa shape index (κ3) is 3.69. The average molecular weight is 362 g/mol. The van der Waals surface area contributed by atoms with Crippen molar-refractivity contribution in [3.63, 3.8) is 0 Å². The largest absolute Gasteiger partial charge is 0.481 e. The van der Waals surface area contributed by atoms with Gasteiger partial charge in [0.1, 0.15) is 0 Å². The number of carboxylic acids is 1. The highest BCUT2D eigenvalue weighted by Gasteiger charge is 2.35. The molecular weight excluding hydrogens is 342 g/mol. The van der Waals surface area contributed by atoms with Gasteiger partial charge in [-0.25, -0.2) is 0 Å². The molecular formula is C18H20ClN3O3. The van der Waals surface area contributed by atoms with Crippen molar-refractivity contribution < 1.29 is 14.7 Å². The number of hydrogen-bond acceptors (Lipinski definition) is 3. The highest BCUT2D eigenvalue weighted by atomic mass is 35.5. The van der Waals surface area contributed by atoms with E-state index < -0.39 is 11.9 Å². The fourth-order valence-corrected chi connectivity index (χ4v) is 3.48. The molecule has 7 heteroatoms. The average Bonchev–Trinajstić information content (AvgIpc) is 3.05. The van der Waals surface area contributed by atoms with Crippen LogP contribution in [0.4, 0.5) is 0 Å². The maximum atomic E-state index is 12.8. The van der Waals surface area contributed by atoms with E-state index >= 15 is 0 Å². The molecule has 2 heterocycles. The van der Waals surface area contributed by atoms with Crippen molar-refractivity contribution >= 4 is 23.5 Å². The van der Waals surface area contributed by atoms with Crippen LogP contribution >= 0.6 is 11.6 Å². The molecule has 1 aliphatic heterocycles. The summed E-state index contributed by atoms with van der Waals surface area (Å²) in [5.41, 5.74) is 1.38. The quantitative estimate of drug-likeness (QED) is 0.908. The number of carboxylic acid groups (broad SMARTS) is 1. The maximum absolute atomic E-state index is 12.8. The van der Waals surface area contributed by atoms with Crippen LogP contribution in [0.15, 0.2) is 36.7 Å². The number of rotatable bonds is 4. The number of carbonyl (C=O) groups is 2. The number of halogens is 1. The lowest BCUT2D eigenvalue weighted by Gasteiger charge is -2.37. The second-order valence-electron chi connectivity index (χ2n) is 6.34. The Balaban J connectivity index is 1.74. The zero-order chi connectivity index (χ0) is 18.0. The second-order valence-corrected chi connectivity index (χ2v) is 6.75. The summed E-state index contributed by atoms with van der Waals surface area (Å²) in [5.74, 6) is -1.54. The first kappa shape index (κ1) is 17.5. The first-order valence-electron chi connectivity index (χ1n) is 8.27. The summed E-state index contributed by atoms with van der Waals surface area (Å²) in [6.45, 7) is 2.84. The highest BCUT2D eigenvalue weighted by Crippen LogP contribution is 2.25. The molecule has 6 nitrogen and oxygen atoms in total. The van der Waals surface area contributed by atoms with Gasteiger partial charge in [0.25, 0.3) is 5.91 Å². The van der Waals surface area contributed by atoms with E-state index in [1.54, 1.807) is 22.7 Å². The van der Waals surface area contributed by atoms with Crippen molar-refractivity contribution in [1.29, 1.82) is 0 Å². The number of carbonyl (C=O) groups excluding carboxylic acids is 1. The lowest BCUT2D eigenvalue weighted by molar-refractivity contribution is -0.144. The number of nitrogens with zero attached hydrogens (tertiary/aromatic N) is 3. The summed E-state index contributed by atoms with van der Waals surface area (Å²) in [5, 5.41) is 14.2. The van der Waals surface area contributed by atoms with E-state index in [1.165, 1.54) is 6.20 Å². The van der Waals surface area contributed by atoms with E-state index in [2.05, 4.69) is 5.10 Å². The Kier molecular flexibility index (Phi) is 5.08. The SMILES string of the molecule is C[C@@H]1[C@H](C(=O)O)CCCN1C(=O)c1cnn(Cc2ccccc2Cl)c1. The number of piperidine rings is 1. The number of hydrogen-bond donors (Lipinski definition) is 1. The summed E-state index contributed by atoms with van der Waals surface area (Å²) in [6.07, 6.45) is 4.51. The van der Waals surface area contributed by atoms with Gasteiger partial charge in [0.2, 0.25) is 0 Å². The second kappa shape index (κ2) is 7.27. The normalized spacial score (nSPS) is 20.5. The summed E-state index contributed by atoms with van der Waals surface area (Å²) >= 11 is 6.16. The van der Waals surface area contributed by atoms with E-state index in [0.29, 0.717) is 36.5 Å². The van der Waals surface area contributed by atoms with Crippen molar-refractivity contribution in [2.45, 2.75) is 32.4 Å². The first-order valence-corrected chi connectivity index (χ1v) is 8.65. The molecule has 0 bridgehead atoms. The van der Waals surface area contributed by atoms with E-state index in [4.69, 9.17) is 11.6 Å². The predicted octanol–water partition coefficient (Wildman–Crippen LogP) is 2.91. The van der Waals surface area contributed by atoms with Crippen LogP contribution in [0.2, 0.25) is 5.02 Å². The number of likely N-dealkylation sites (tertiary alicyclic amines) is 1. The third-order valence-corrected chi connectivity index (χ3v) is 5.11. The Morgan fingerprint density at radius 1 is 1.36 bits per heavy atom. The van der Waals surface area contributed by atoms with E-state index in [1.807, 2.05) is 24.3 Å². The molecule has 0 unspecified atom stereocenters. The topological polar surface area (TPSA) is 75.4 Å². The van der Waals surface area contributed by atoms with E-state index in [0.717, 1.165) is 5.56 Å². The molecule has 1 aromatic carbocycles. The smallest absolute Gasteiger partial charge is 0.308 e. The van der Waals surface area contributed by atoms with Gasteiger partial charge in [-0.2, -0.15) is 5.10 Å². The number of aromatic nitrogens is 2. The molecule has 0 saturated carbocycles. The van der Waals surface area contributed by atoms with Gasteiger partial charge in [-0.3, -0.25) is 14.3 Å². The van der Waals surface area contributed by atoms with Gasteiger partial charge in [0.05, 0.1) is 24.2 Å². The maximum Gasteiger partial charge on any atom is 0.308 e. The Bertz CT molecular complexity index is 789. The molecule has 2 atom stereocenters. The minimum Gasteiger partial charge on any atom is -0.481 e. The fourth-order valence-electron chi connectivity index (χ4n) is 3.29. The van der Waals surface area contributed by atoms with E-state index in [9.17, 15) is 14.7 Å². The molecule has 3 rings (SSSR count). The summed E-state index contributed by atoms with van der Waals surface area (Å²) in [6, 6.07) is 7.16. The molecule has 1 saturated heterocycles. The zero-order valence-corrected chi connectivity index (χ0v) is 14.7. The molecule has 0 spiro atoms. The number of amides is 1. The van der Waals surface area contributed by atoms with Crippen molar-refractivity contribution in [1.82, 2.24) is 14.7 Å². The standard InChI is InChI=1S/C18H20ClN3O3/c1-12-15(18(24)25)6-4-8-22(12)17(23)14-9-20-21(11-14)10-13-5-2-3-7-16(13)19/h2-3,5,7,9,11-12,15H,4,6,8,10H2,1H3,(H,24,25)/t12-,15-/m1/s1. The van der Waals surface area contributed by atoms with Gasteiger partial charge in [-0.1, -0.05) is 29.8 Å². The Morgan fingerprint density at radius 3 is 2.84 bits per heavy atom. The summed E-state index contributed by atoms with van der Waals surface area (Å²) in [7, 11) is 0. The van der Waals surface area contributed by atoms with Crippen LogP contribution in [0.1, 0.15) is 35.7 Å². The van der Waals surface area contributed by atoms with Gasteiger partial charge in [-0.05, 0) is 31.4 Å². The predicted molar refractivity (Wildman–Crippen MR) is 93.6 cm³/mol. The molecule has 132 valence electrons. The molecule has 0 aliphatic carbocycles. The molecule has 2 aromatic rings. The third-order valence-electron chi connectivity index (χ3n) is 4.74. The van der Waals surface area contributed by atoms with Crippen LogP contribution in [0.5, 0.6) is 0 Å². The molecule has 1 aromatic heterocycles. The van der Waals surface area contributed by atoms with Gasteiger partial charge < -0.3 is 10.0 Å². The van der Waals surface area contributed by atoms with Crippen molar-refractivity contribution in [2.24, 2.45) is 5.92 Å². The first-order chi connectivity index (χ1) is 12.0. The summed E-state index contributed by atoms with van der Waals surface area (Å²) in [4.78, 5) is 25.7. The minimum absolute atomic E-state index is 0.177. The molecule has 1 amide bonds. The van der Waals surface area contributed by atoms with Crippen LogP contribution in [0, 0.1) is 5.92 Å². The van der Waals surface area contributed by atoms with Crippen LogP contribution in [-0.2, 0) is 11.3 Å². The summed E-state index contributed by atoms with van der Waals surface area (Å²) < 4.78 is 1.66. The van der Waals surface area contributed by atoms with Crippen LogP contribution < -0.4 is 0 Å². The van der Waals surface area contributed by atoms with Gasteiger partial charge in [-0.15, -0.1) is 0 Å². The Labute approximate surface area is 151 Å². The van der Waals surface area contributed by atoms with Crippen LogP contribution in [-0.4, -0.2) is 44.3 Å². The molecule has 1 fully saturated rings. The monoisotopic (exact) mass is 361 g/mol. The Hall–Kier alpha value is -2.34. The minimum atomic E-state index is -0.848.